The van der Waals surface area contributed by atoms with Gasteiger partial charge in [0.05, 0.1) is 25.2 Å². The van der Waals surface area contributed by atoms with Gasteiger partial charge in [-0.05, 0) is 19.1 Å². The Labute approximate surface area is 111 Å². The van der Waals surface area contributed by atoms with Crippen molar-refractivity contribution in [1.82, 2.24) is 15.3 Å². The van der Waals surface area contributed by atoms with Crippen LogP contribution in [-0.4, -0.2) is 22.5 Å². The standard InChI is InChI=1S/C13H16N4O2/c1-2-19-11-5-3-4-10(14)12(11)13(18)16-7-9-6-15-8-17-9/h3-6,8H,2,7,14H2,1H3,(H,15,17)(H,16,18). The Hall–Kier alpha value is -2.50. The van der Waals surface area contributed by atoms with Crippen LogP contribution in [0.15, 0.2) is 30.7 Å². The number of hydrogen-bond donors (Lipinski definition) is 3. The van der Waals surface area contributed by atoms with E-state index in [1.165, 1.54) is 0 Å². The average molecular weight is 260 g/mol. The third-order valence-corrected chi connectivity index (χ3v) is 2.58. The first-order valence-electron chi connectivity index (χ1n) is 5.99. The number of aromatic amines is 1. The van der Waals surface area contributed by atoms with Gasteiger partial charge in [0.1, 0.15) is 11.3 Å². The van der Waals surface area contributed by atoms with Gasteiger partial charge in [0, 0.05) is 11.9 Å². The molecule has 2 aromatic rings. The third kappa shape index (κ3) is 3.04. The van der Waals surface area contributed by atoms with Crippen LogP contribution >= 0.6 is 0 Å². The molecule has 1 heterocycles. The summed E-state index contributed by atoms with van der Waals surface area (Å²) in [4.78, 5) is 18.9. The average Bonchev–Trinajstić information content (AvgIpc) is 2.90. The molecular weight excluding hydrogens is 244 g/mol. The molecule has 0 fully saturated rings. The van der Waals surface area contributed by atoms with Gasteiger partial charge in [-0.25, -0.2) is 4.98 Å². The van der Waals surface area contributed by atoms with E-state index in [0.717, 1.165) is 5.69 Å². The normalized spacial score (nSPS) is 10.2. The predicted octanol–water partition coefficient (Wildman–Crippen LogP) is 1.32. The minimum atomic E-state index is -0.267. The zero-order valence-electron chi connectivity index (χ0n) is 10.6. The van der Waals surface area contributed by atoms with Gasteiger partial charge in [-0.2, -0.15) is 0 Å². The highest BCUT2D eigenvalue weighted by Crippen LogP contribution is 2.24. The van der Waals surface area contributed by atoms with Crippen LogP contribution in [0.2, 0.25) is 0 Å². The fourth-order valence-electron chi connectivity index (χ4n) is 1.71. The summed E-state index contributed by atoms with van der Waals surface area (Å²) < 4.78 is 5.42. The summed E-state index contributed by atoms with van der Waals surface area (Å²) in [5.74, 6) is 0.223. The van der Waals surface area contributed by atoms with Gasteiger partial charge < -0.3 is 20.8 Å². The molecule has 0 saturated heterocycles. The maximum absolute atomic E-state index is 12.2. The first kappa shape index (κ1) is 12.9. The lowest BCUT2D eigenvalue weighted by Gasteiger charge is -2.12. The molecule has 4 N–H and O–H groups in total. The molecule has 0 aliphatic carbocycles. The van der Waals surface area contributed by atoms with Crippen LogP contribution in [0, 0.1) is 0 Å². The number of aromatic nitrogens is 2. The molecule has 0 atom stereocenters. The largest absolute Gasteiger partial charge is 0.493 e. The number of hydrogen-bond acceptors (Lipinski definition) is 4. The molecule has 100 valence electrons. The molecule has 1 amide bonds. The zero-order valence-corrected chi connectivity index (χ0v) is 10.6. The Morgan fingerprint density at radius 1 is 1.53 bits per heavy atom. The number of amides is 1. The Morgan fingerprint density at radius 3 is 3.05 bits per heavy atom. The number of anilines is 1. The molecule has 2 rings (SSSR count). The molecule has 0 spiro atoms. The first-order chi connectivity index (χ1) is 9.22. The summed E-state index contributed by atoms with van der Waals surface area (Å²) in [5.41, 5.74) is 7.42. The van der Waals surface area contributed by atoms with Gasteiger partial charge in [-0.1, -0.05) is 6.07 Å². The molecular formula is C13H16N4O2. The van der Waals surface area contributed by atoms with Crippen molar-refractivity contribution in [3.63, 3.8) is 0 Å². The number of rotatable bonds is 5. The molecule has 0 aliphatic heterocycles. The molecule has 19 heavy (non-hydrogen) atoms. The van der Waals surface area contributed by atoms with Crippen molar-refractivity contribution >= 4 is 11.6 Å². The Morgan fingerprint density at radius 2 is 2.37 bits per heavy atom. The van der Waals surface area contributed by atoms with Crippen molar-refractivity contribution in [3.8, 4) is 5.75 Å². The van der Waals surface area contributed by atoms with Crippen molar-refractivity contribution in [2.45, 2.75) is 13.5 Å². The van der Waals surface area contributed by atoms with E-state index in [4.69, 9.17) is 10.5 Å². The second-order valence-electron chi connectivity index (χ2n) is 3.91. The molecule has 0 saturated carbocycles. The lowest BCUT2D eigenvalue weighted by atomic mass is 10.1. The zero-order chi connectivity index (χ0) is 13.7. The molecule has 0 unspecified atom stereocenters. The lowest BCUT2D eigenvalue weighted by molar-refractivity contribution is 0.0947. The molecule has 0 aliphatic rings. The summed E-state index contributed by atoms with van der Waals surface area (Å²) in [6.45, 7) is 2.69. The van der Waals surface area contributed by atoms with Crippen LogP contribution in [0.1, 0.15) is 23.0 Å². The van der Waals surface area contributed by atoms with E-state index in [0.29, 0.717) is 30.2 Å². The van der Waals surface area contributed by atoms with Crippen molar-refractivity contribution < 1.29 is 9.53 Å². The summed E-state index contributed by atoms with van der Waals surface area (Å²) in [6.07, 6.45) is 3.21. The van der Waals surface area contributed by atoms with Crippen molar-refractivity contribution in [2.24, 2.45) is 0 Å². The highest BCUT2D eigenvalue weighted by atomic mass is 16.5. The van der Waals surface area contributed by atoms with E-state index < -0.39 is 0 Å². The highest BCUT2D eigenvalue weighted by Gasteiger charge is 2.15. The summed E-state index contributed by atoms with van der Waals surface area (Å²) in [5, 5.41) is 2.77. The Bertz CT molecular complexity index is 552. The highest BCUT2D eigenvalue weighted by molar-refractivity contribution is 6.01. The minimum Gasteiger partial charge on any atom is -0.493 e. The van der Waals surface area contributed by atoms with Gasteiger partial charge in [0.2, 0.25) is 0 Å². The summed E-state index contributed by atoms with van der Waals surface area (Å²) >= 11 is 0. The van der Waals surface area contributed by atoms with Gasteiger partial charge in [0.25, 0.3) is 5.91 Å². The number of nitrogens with two attached hydrogens (primary N) is 1. The second kappa shape index (κ2) is 5.90. The molecule has 6 heteroatoms. The van der Waals surface area contributed by atoms with Crippen LogP contribution in [0.25, 0.3) is 0 Å². The predicted molar refractivity (Wildman–Crippen MR) is 71.8 cm³/mol. The second-order valence-corrected chi connectivity index (χ2v) is 3.91. The number of imidazole rings is 1. The number of nitrogens with zero attached hydrogens (tertiary/aromatic N) is 1. The molecule has 0 bridgehead atoms. The Kier molecular flexibility index (Phi) is 4.02. The maximum Gasteiger partial charge on any atom is 0.257 e. The number of carbonyl (C=O) groups is 1. The van der Waals surface area contributed by atoms with Crippen LogP contribution in [-0.2, 0) is 6.54 Å². The smallest absolute Gasteiger partial charge is 0.257 e. The number of ether oxygens (including phenoxy) is 1. The Balaban J connectivity index is 2.13. The van der Waals surface area contributed by atoms with E-state index in [9.17, 15) is 4.79 Å². The van der Waals surface area contributed by atoms with Crippen LogP contribution in [0.4, 0.5) is 5.69 Å². The summed E-state index contributed by atoms with van der Waals surface area (Å²) in [7, 11) is 0. The van der Waals surface area contributed by atoms with Gasteiger partial charge in [-0.15, -0.1) is 0 Å². The lowest BCUT2D eigenvalue weighted by Crippen LogP contribution is -2.24. The number of nitrogens with one attached hydrogen (secondary N) is 2. The van der Waals surface area contributed by atoms with Gasteiger partial charge in [0.15, 0.2) is 0 Å². The van der Waals surface area contributed by atoms with Crippen LogP contribution < -0.4 is 15.8 Å². The molecule has 1 aromatic carbocycles. The van der Waals surface area contributed by atoms with Crippen LogP contribution in [0.5, 0.6) is 5.75 Å². The SMILES string of the molecule is CCOc1cccc(N)c1C(=O)NCc1cnc[nH]1. The van der Waals surface area contributed by atoms with E-state index in [1.54, 1.807) is 30.7 Å². The van der Waals surface area contributed by atoms with Gasteiger partial charge >= 0.3 is 0 Å². The molecule has 1 aromatic heterocycles. The monoisotopic (exact) mass is 260 g/mol. The molecule has 0 radical (unpaired) electrons. The van der Waals surface area contributed by atoms with Gasteiger partial charge in [-0.3, -0.25) is 4.79 Å². The topological polar surface area (TPSA) is 93.0 Å². The fraction of sp³-hybridized carbons (Fsp3) is 0.231. The molecule has 6 nitrogen and oxygen atoms in total. The minimum absolute atomic E-state index is 0.267. The van der Waals surface area contributed by atoms with E-state index >= 15 is 0 Å². The van der Waals surface area contributed by atoms with Crippen molar-refractivity contribution in [3.05, 3.63) is 42.0 Å². The van der Waals surface area contributed by atoms with Crippen molar-refractivity contribution in [1.29, 1.82) is 0 Å². The maximum atomic E-state index is 12.2. The quantitative estimate of drug-likeness (QED) is 0.707. The number of nitrogen functional groups attached to an aromatic ring is 1. The van der Waals surface area contributed by atoms with E-state index in [2.05, 4.69) is 15.3 Å². The number of carbonyl (C=O) groups excluding carboxylic acids is 1. The van der Waals surface area contributed by atoms with Crippen molar-refractivity contribution in [2.75, 3.05) is 12.3 Å². The first-order valence-corrected chi connectivity index (χ1v) is 5.99. The van der Waals surface area contributed by atoms with Crippen LogP contribution in [0.3, 0.4) is 0 Å². The fourth-order valence-corrected chi connectivity index (χ4v) is 1.71. The van der Waals surface area contributed by atoms with E-state index in [1.807, 2.05) is 6.92 Å². The summed E-state index contributed by atoms with van der Waals surface area (Å²) in [6, 6.07) is 5.16. The van der Waals surface area contributed by atoms with E-state index in [-0.39, 0.29) is 5.91 Å². The number of H-pyrrole nitrogens is 1. The third-order valence-electron chi connectivity index (χ3n) is 2.58. The number of benzene rings is 1.